The molecule has 0 aromatic carbocycles. The zero-order valence-electron chi connectivity index (χ0n) is 14.0. The molecule has 1 aliphatic rings. The zero-order valence-corrected chi connectivity index (χ0v) is 15.7. The van der Waals surface area contributed by atoms with Gasteiger partial charge in [-0.2, -0.15) is 4.52 Å². The molecule has 3 aromatic heterocycles. The normalized spacial score (nSPS) is 17.3. The van der Waals surface area contributed by atoms with Crippen molar-refractivity contribution in [1.29, 1.82) is 0 Å². The van der Waals surface area contributed by atoms with E-state index in [2.05, 4.69) is 21.0 Å². The van der Waals surface area contributed by atoms with Gasteiger partial charge in [0.1, 0.15) is 5.82 Å². The first-order valence-electron chi connectivity index (χ1n) is 8.12. The summed E-state index contributed by atoms with van der Waals surface area (Å²) in [6.45, 7) is 6.38. The van der Waals surface area contributed by atoms with Crippen LogP contribution in [0.15, 0.2) is 17.5 Å². The van der Waals surface area contributed by atoms with Crippen LogP contribution >= 0.6 is 22.7 Å². The topological polar surface area (TPSA) is 74.0 Å². The standard InChI is InChI=1S/C16H19N5O2S2/c1-10-17-16-21(18-10)15(23)14(25-16)13(12-4-3-9-24-12)20-7-5-19(6-8-20)11(2)22/h3-4,9,13,23H,5-8H2,1-2H3. The molecule has 1 amide bonds. The quantitative estimate of drug-likeness (QED) is 0.757. The molecular formula is C16H19N5O2S2. The van der Waals surface area contributed by atoms with Crippen LogP contribution in [-0.2, 0) is 4.79 Å². The molecule has 1 aliphatic heterocycles. The van der Waals surface area contributed by atoms with Gasteiger partial charge in [0.2, 0.25) is 16.7 Å². The number of aromatic nitrogens is 3. The van der Waals surface area contributed by atoms with Crippen molar-refractivity contribution in [2.24, 2.45) is 0 Å². The van der Waals surface area contributed by atoms with E-state index in [0.29, 0.717) is 23.9 Å². The van der Waals surface area contributed by atoms with Gasteiger partial charge in [-0.3, -0.25) is 9.69 Å². The summed E-state index contributed by atoms with van der Waals surface area (Å²) in [5, 5.41) is 17.1. The van der Waals surface area contributed by atoms with Gasteiger partial charge >= 0.3 is 0 Å². The average Bonchev–Trinajstić information content (AvgIpc) is 3.29. The van der Waals surface area contributed by atoms with Crippen molar-refractivity contribution in [2.45, 2.75) is 19.9 Å². The molecule has 1 unspecified atom stereocenters. The van der Waals surface area contributed by atoms with E-state index in [1.165, 1.54) is 20.7 Å². The maximum Gasteiger partial charge on any atom is 0.230 e. The summed E-state index contributed by atoms with van der Waals surface area (Å²) in [4.78, 5) is 22.9. The van der Waals surface area contributed by atoms with Gasteiger partial charge in [-0.05, 0) is 18.4 Å². The maximum atomic E-state index is 11.6. The third-order valence-electron chi connectivity index (χ3n) is 4.49. The van der Waals surface area contributed by atoms with Crippen LogP contribution in [0.5, 0.6) is 5.88 Å². The van der Waals surface area contributed by atoms with E-state index in [4.69, 9.17) is 0 Å². The number of fused-ring (bicyclic) bond motifs is 1. The second-order valence-corrected chi connectivity index (χ2v) is 8.09. The number of hydrogen-bond donors (Lipinski definition) is 1. The summed E-state index contributed by atoms with van der Waals surface area (Å²) < 4.78 is 1.52. The highest BCUT2D eigenvalue weighted by Crippen LogP contribution is 2.41. The number of aryl methyl sites for hydroxylation is 1. The third-order valence-corrected chi connectivity index (χ3v) is 6.49. The summed E-state index contributed by atoms with van der Waals surface area (Å²) in [6.07, 6.45) is 0. The molecule has 0 radical (unpaired) electrons. The fraction of sp³-hybridized carbons (Fsp3) is 0.438. The minimum absolute atomic E-state index is 0.0390. The lowest BCUT2D eigenvalue weighted by Gasteiger charge is -2.38. The molecular weight excluding hydrogens is 358 g/mol. The van der Waals surface area contributed by atoms with E-state index in [1.807, 2.05) is 23.3 Å². The molecule has 7 nitrogen and oxygen atoms in total. The molecule has 0 aliphatic carbocycles. The van der Waals surface area contributed by atoms with Crippen LogP contribution in [0.4, 0.5) is 0 Å². The van der Waals surface area contributed by atoms with Gasteiger partial charge in [-0.1, -0.05) is 17.4 Å². The predicted octanol–water partition coefficient (Wildman–Crippen LogP) is 2.12. The Balaban J connectivity index is 1.70. The summed E-state index contributed by atoms with van der Waals surface area (Å²) in [6, 6.07) is 4.08. The lowest BCUT2D eigenvalue weighted by Crippen LogP contribution is -2.49. The monoisotopic (exact) mass is 377 g/mol. The minimum atomic E-state index is -0.0390. The average molecular weight is 377 g/mol. The van der Waals surface area contributed by atoms with E-state index < -0.39 is 0 Å². The molecule has 1 fully saturated rings. The Morgan fingerprint density at radius 1 is 1.32 bits per heavy atom. The number of aromatic hydroxyl groups is 1. The number of piperazine rings is 1. The molecule has 25 heavy (non-hydrogen) atoms. The smallest absolute Gasteiger partial charge is 0.230 e. The van der Waals surface area contributed by atoms with Gasteiger partial charge in [-0.15, -0.1) is 16.4 Å². The Morgan fingerprint density at radius 2 is 2.08 bits per heavy atom. The summed E-state index contributed by atoms with van der Waals surface area (Å²) in [5.41, 5.74) is 0. The Kier molecular flexibility index (Phi) is 4.22. The molecule has 1 atom stereocenters. The van der Waals surface area contributed by atoms with Crippen molar-refractivity contribution < 1.29 is 9.90 Å². The summed E-state index contributed by atoms with van der Waals surface area (Å²) >= 11 is 3.15. The van der Waals surface area contributed by atoms with Crippen LogP contribution in [0.25, 0.3) is 4.96 Å². The molecule has 9 heteroatoms. The van der Waals surface area contributed by atoms with Gasteiger partial charge < -0.3 is 10.0 Å². The number of thiazole rings is 1. The highest BCUT2D eigenvalue weighted by molar-refractivity contribution is 7.17. The lowest BCUT2D eigenvalue weighted by molar-refractivity contribution is -0.130. The number of carbonyl (C=O) groups is 1. The Hall–Kier alpha value is -1.97. The highest BCUT2D eigenvalue weighted by atomic mass is 32.1. The van der Waals surface area contributed by atoms with Crippen molar-refractivity contribution >= 4 is 33.5 Å². The first-order valence-corrected chi connectivity index (χ1v) is 9.82. The Bertz CT molecular complexity index is 893. The maximum absolute atomic E-state index is 11.6. The van der Waals surface area contributed by atoms with Crippen LogP contribution < -0.4 is 0 Å². The van der Waals surface area contributed by atoms with Gasteiger partial charge in [0.15, 0.2) is 0 Å². The van der Waals surface area contributed by atoms with E-state index in [0.717, 1.165) is 18.0 Å². The molecule has 1 N–H and O–H groups in total. The van der Waals surface area contributed by atoms with E-state index in [1.54, 1.807) is 18.3 Å². The largest absolute Gasteiger partial charge is 0.492 e. The summed E-state index contributed by atoms with van der Waals surface area (Å²) in [7, 11) is 0. The molecule has 132 valence electrons. The first-order chi connectivity index (χ1) is 12.0. The molecule has 1 saturated heterocycles. The lowest BCUT2D eigenvalue weighted by atomic mass is 10.1. The molecule has 3 aromatic rings. The zero-order chi connectivity index (χ0) is 17.6. The van der Waals surface area contributed by atoms with Crippen LogP contribution in [0, 0.1) is 6.92 Å². The van der Waals surface area contributed by atoms with Gasteiger partial charge in [0, 0.05) is 38.0 Å². The number of nitrogens with zero attached hydrogens (tertiary/aromatic N) is 5. The molecule has 0 saturated carbocycles. The van der Waals surface area contributed by atoms with Gasteiger partial charge in [-0.25, -0.2) is 4.98 Å². The highest BCUT2D eigenvalue weighted by Gasteiger charge is 2.32. The molecule has 0 bridgehead atoms. The fourth-order valence-corrected chi connectivity index (χ4v) is 5.34. The van der Waals surface area contributed by atoms with Gasteiger partial charge in [0.05, 0.1) is 10.9 Å². The molecule has 0 spiro atoms. The number of hydrogen-bond acceptors (Lipinski definition) is 7. The third kappa shape index (κ3) is 2.92. The molecule has 4 heterocycles. The van der Waals surface area contributed by atoms with Crippen LogP contribution in [-0.4, -0.2) is 61.6 Å². The first kappa shape index (κ1) is 16.5. The second kappa shape index (κ2) is 6.40. The SMILES string of the molecule is CC(=O)N1CCN(C(c2cccs2)c2sc3nc(C)nn3c2O)CC1. The second-order valence-electron chi connectivity index (χ2n) is 6.10. The van der Waals surface area contributed by atoms with Crippen molar-refractivity contribution in [3.05, 3.63) is 33.1 Å². The van der Waals surface area contributed by atoms with E-state index in [-0.39, 0.29) is 17.8 Å². The van der Waals surface area contributed by atoms with Crippen LogP contribution in [0.3, 0.4) is 0 Å². The summed E-state index contributed by atoms with van der Waals surface area (Å²) in [5.74, 6) is 0.924. The van der Waals surface area contributed by atoms with Crippen LogP contribution in [0.2, 0.25) is 0 Å². The van der Waals surface area contributed by atoms with Crippen molar-refractivity contribution in [3.63, 3.8) is 0 Å². The number of thiophene rings is 1. The van der Waals surface area contributed by atoms with Crippen molar-refractivity contribution in [2.75, 3.05) is 26.2 Å². The van der Waals surface area contributed by atoms with Gasteiger partial charge in [0.25, 0.3) is 0 Å². The van der Waals surface area contributed by atoms with Crippen molar-refractivity contribution in [3.8, 4) is 5.88 Å². The Labute approximate surface area is 153 Å². The molecule has 4 rings (SSSR count). The van der Waals surface area contributed by atoms with E-state index >= 15 is 0 Å². The number of rotatable bonds is 3. The fourth-order valence-electron chi connectivity index (χ4n) is 3.24. The number of carbonyl (C=O) groups excluding carboxylic acids is 1. The Morgan fingerprint density at radius 3 is 2.68 bits per heavy atom. The van der Waals surface area contributed by atoms with Crippen LogP contribution in [0.1, 0.15) is 28.5 Å². The van der Waals surface area contributed by atoms with Crippen molar-refractivity contribution in [1.82, 2.24) is 24.4 Å². The van der Waals surface area contributed by atoms with E-state index in [9.17, 15) is 9.90 Å². The minimum Gasteiger partial charge on any atom is -0.492 e. The predicted molar refractivity (Wildman–Crippen MR) is 97.3 cm³/mol. The number of amides is 1.